The Bertz CT molecular complexity index is 489. The van der Waals surface area contributed by atoms with E-state index in [1.54, 1.807) is 0 Å². The lowest BCUT2D eigenvalue weighted by atomic mass is 10.2. The summed E-state index contributed by atoms with van der Waals surface area (Å²) >= 11 is 0. The summed E-state index contributed by atoms with van der Waals surface area (Å²) in [5, 5.41) is 8.44. The molecule has 2 heteroatoms. The van der Waals surface area contributed by atoms with Crippen LogP contribution in [0.5, 0.6) is 0 Å². The molecule has 12 heavy (non-hydrogen) atoms. The molecule has 1 heterocycles. The van der Waals surface area contributed by atoms with Crippen molar-refractivity contribution in [1.29, 1.82) is 0 Å². The Morgan fingerprint density at radius 2 is 2.08 bits per heavy atom. The summed E-state index contributed by atoms with van der Waals surface area (Å²) in [4.78, 5) is 0. The molecule has 1 radical (unpaired) electrons. The average Bonchev–Trinajstić information content (AvgIpc) is 2.62. The van der Waals surface area contributed by atoms with Crippen molar-refractivity contribution in [3.63, 3.8) is 0 Å². The van der Waals surface area contributed by atoms with Gasteiger partial charge in [-0.2, -0.15) is 0 Å². The van der Waals surface area contributed by atoms with Crippen molar-refractivity contribution in [2.75, 3.05) is 0 Å². The molecule has 0 saturated heterocycles. The smallest absolute Gasteiger partial charge is 0.0712 e. The number of rotatable bonds is 0. The van der Waals surface area contributed by atoms with Crippen molar-refractivity contribution in [3.8, 4) is 11.3 Å². The highest BCUT2D eigenvalue weighted by molar-refractivity contribution is 5.99. The van der Waals surface area contributed by atoms with Gasteiger partial charge in [0.1, 0.15) is 0 Å². The molecule has 1 aromatic carbocycles. The first-order chi connectivity index (χ1) is 5.95. The Morgan fingerprint density at radius 3 is 3.08 bits per heavy atom. The fourth-order valence-electron chi connectivity index (χ4n) is 1.59. The van der Waals surface area contributed by atoms with Gasteiger partial charge in [0.2, 0.25) is 0 Å². The van der Waals surface area contributed by atoms with E-state index in [1.165, 1.54) is 10.8 Å². The monoisotopic (exact) mass is 155 g/mol. The van der Waals surface area contributed by atoms with Crippen molar-refractivity contribution in [2.24, 2.45) is 0 Å². The number of aromatic amines is 2. The van der Waals surface area contributed by atoms with Crippen LogP contribution in [0.1, 0.15) is 0 Å². The summed E-state index contributed by atoms with van der Waals surface area (Å²) < 4.78 is 0. The lowest BCUT2D eigenvalue weighted by Gasteiger charge is -1.88. The van der Waals surface area contributed by atoms with Crippen molar-refractivity contribution in [3.05, 3.63) is 36.5 Å². The molecule has 0 spiro atoms. The van der Waals surface area contributed by atoms with E-state index in [2.05, 4.69) is 28.4 Å². The number of fused-ring (bicyclic) bond motifs is 3. The van der Waals surface area contributed by atoms with E-state index in [0.717, 1.165) is 11.3 Å². The molecule has 57 valence electrons. The Morgan fingerprint density at radius 1 is 1.17 bits per heavy atom. The van der Waals surface area contributed by atoms with Crippen LogP contribution >= 0.6 is 0 Å². The highest BCUT2D eigenvalue weighted by Crippen LogP contribution is 2.30. The molecule has 0 atom stereocenters. The highest BCUT2D eigenvalue weighted by atomic mass is 15.1. The van der Waals surface area contributed by atoms with Crippen LogP contribution in [0.25, 0.3) is 22.0 Å². The first-order valence-corrected chi connectivity index (χ1v) is 3.90. The second kappa shape index (κ2) is 1.91. The lowest BCUT2D eigenvalue weighted by Crippen LogP contribution is -1.69. The quantitative estimate of drug-likeness (QED) is 0.499. The van der Waals surface area contributed by atoms with Gasteiger partial charge < -0.3 is 10.2 Å². The van der Waals surface area contributed by atoms with Crippen LogP contribution in [0.4, 0.5) is 0 Å². The summed E-state index contributed by atoms with van der Waals surface area (Å²) in [6.07, 6.45) is 1.93. The van der Waals surface area contributed by atoms with Gasteiger partial charge in [-0.3, -0.25) is 0 Å². The van der Waals surface area contributed by atoms with Gasteiger partial charge in [0.25, 0.3) is 0 Å². The summed E-state index contributed by atoms with van der Waals surface area (Å²) in [6, 6.07) is 11.5. The van der Waals surface area contributed by atoms with Crippen LogP contribution in [0.15, 0.2) is 30.5 Å². The second-order valence-corrected chi connectivity index (χ2v) is 2.87. The largest absolute Gasteiger partial charge is 0.307 e. The topological polar surface area (TPSA) is 31.6 Å². The summed E-state index contributed by atoms with van der Waals surface area (Å²) in [6.45, 7) is 0. The highest BCUT2D eigenvalue weighted by Gasteiger charge is 2.09. The van der Waals surface area contributed by atoms with Crippen molar-refractivity contribution in [1.82, 2.24) is 10.2 Å². The van der Waals surface area contributed by atoms with Gasteiger partial charge in [-0.15, -0.1) is 0 Å². The molecule has 2 nitrogen and oxygen atoms in total. The van der Waals surface area contributed by atoms with E-state index in [4.69, 9.17) is 0 Å². The molecule has 0 bridgehead atoms. The van der Waals surface area contributed by atoms with Crippen LogP contribution in [0, 0.1) is 6.07 Å². The predicted molar refractivity (Wildman–Crippen MR) is 48.1 cm³/mol. The molecule has 1 aliphatic heterocycles. The Labute approximate surface area is 69.5 Å². The van der Waals surface area contributed by atoms with Crippen molar-refractivity contribution >= 4 is 10.8 Å². The summed E-state index contributed by atoms with van der Waals surface area (Å²) in [5.74, 6) is 0. The molecule has 2 N–H and O–H groups in total. The number of hydrogen-bond acceptors (Lipinski definition) is 0. The number of aromatic nitrogens is 2. The molecule has 3 rings (SSSR count). The Hall–Kier alpha value is -1.70. The van der Waals surface area contributed by atoms with E-state index in [0.29, 0.717) is 0 Å². The minimum Gasteiger partial charge on any atom is -0.307 e. The zero-order valence-electron chi connectivity index (χ0n) is 6.39. The van der Waals surface area contributed by atoms with Gasteiger partial charge in [0.05, 0.1) is 5.69 Å². The Balaban J connectivity index is 2.59. The van der Waals surface area contributed by atoms with E-state index < -0.39 is 0 Å². The summed E-state index contributed by atoms with van der Waals surface area (Å²) in [5.41, 5.74) is 2.27. The first-order valence-electron chi connectivity index (χ1n) is 3.90. The average molecular weight is 155 g/mol. The molecule has 2 aliphatic rings. The van der Waals surface area contributed by atoms with Gasteiger partial charge in [0, 0.05) is 23.2 Å². The molecule has 0 fully saturated rings. The summed E-state index contributed by atoms with van der Waals surface area (Å²) in [7, 11) is 0. The van der Waals surface area contributed by atoms with Crippen LogP contribution < -0.4 is 0 Å². The lowest BCUT2D eigenvalue weighted by molar-refractivity contribution is 1.11. The van der Waals surface area contributed by atoms with Gasteiger partial charge in [-0.25, -0.2) is 0 Å². The van der Waals surface area contributed by atoms with E-state index in [9.17, 15) is 0 Å². The first kappa shape index (κ1) is 5.89. The van der Waals surface area contributed by atoms with Crippen molar-refractivity contribution in [2.45, 2.75) is 0 Å². The minimum atomic E-state index is 1.12. The van der Waals surface area contributed by atoms with Gasteiger partial charge >= 0.3 is 0 Å². The molecule has 0 aromatic heterocycles. The maximum atomic E-state index is 3.30. The second-order valence-electron chi connectivity index (χ2n) is 2.87. The maximum Gasteiger partial charge on any atom is 0.0712 e. The minimum absolute atomic E-state index is 1.12. The van der Waals surface area contributed by atoms with Gasteiger partial charge in [-0.05, 0) is 5.39 Å². The van der Waals surface area contributed by atoms with E-state index >= 15 is 0 Å². The molecular formula is C10H7N2. The van der Waals surface area contributed by atoms with E-state index in [-0.39, 0.29) is 0 Å². The molecule has 1 aromatic rings. The third kappa shape index (κ3) is 0.593. The Kier molecular flexibility index (Phi) is 0.939. The van der Waals surface area contributed by atoms with Crippen LogP contribution in [0.2, 0.25) is 0 Å². The third-order valence-electron chi connectivity index (χ3n) is 2.15. The SMILES string of the molecule is [c]1c2c[nH][nH]c-2c2ccccc12. The van der Waals surface area contributed by atoms with Gasteiger partial charge in [0.15, 0.2) is 0 Å². The van der Waals surface area contributed by atoms with Crippen LogP contribution in [0.3, 0.4) is 0 Å². The van der Waals surface area contributed by atoms with Crippen LogP contribution in [-0.2, 0) is 0 Å². The molecule has 0 saturated carbocycles. The molecule has 1 aliphatic carbocycles. The fraction of sp³-hybridized carbons (Fsp3) is 0. The third-order valence-corrected chi connectivity index (χ3v) is 2.15. The van der Waals surface area contributed by atoms with Crippen LogP contribution in [-0.4, -0.2) is 10.2 Å². The molecule has 0 unspecified atom stereocenters. The zero-order valence-corrected chi connectivity index (χ0v) is 6.39. The van der Waals surface area contributed by atoms with Gasteiger partial charge in [-0.1, -0.05) is 24.3 Å². The normalized spacial score (nSPS) is 11.3. The van der Waals surface area contributed by atoms with Crippen molar-refractivity contribution < 1.29 is 0 Å². The fourth-order valence-corrected chi connectivity index (χ4v) is 1.59. The number of benzene rings is 1. The van der Waals surface area contributed by atoms with E-state index in [1.807, 2.05) is 18.3 Å². The molecule has 0 amide bonds. The number of hydrogen-bond donors (Lipinski definition) is 2. The standard InChI is InChI=1S/C10H7N2/c1-2-4-9-7(3-1)5-8-6-11-12-10(8)9/h1-4,6,11-12H. The zero-order chi connectivity index (χ0) is 7.97. The predicted octanol–water partition coefficient (Wildman–Crippen LogP) is 2.40. The number of H-pyrrole nitrogens is 2. The maximum absolute atomic E-state index is 3.30. The molecular weight excluding hydrogens is 148 g/mol. The number of nitrogens with one attached hydrogen (secondary N) is 2.